The smallest absolute Gasteiger partial charge is 0.148 e. The Morgan fingerprint density at radius 1 is 1.16 bits per heavy atom. The Labute approximate surface area is 151 Å². The SMILES string of the molecule is COc1cc(N2CCN(c3ccc(Cl)c(C#N)c3)CC2)c(F)cc1N. The molecule has 0 aromatic heterocycles. The van der Waals surface area contributed by atoms with Gasteiger partial charge in [0.1, 0.15) is 17.6 Å². The van der Waals surface area contributed by atoms with Gasteiger partial charge in [-0.3, -0.25) is 0 Å². The molecule has 2 aromatic carbocycles. The second-order valence-corrected chi connectivity index (χ2v) is 6.20. The van der Waals surface area contributed by atoms with Gasteiger partial charge in [0.2, 0.25) is 0 Å². The van der Waals surface area contributed by atoms with E-state index in [0.717, 1.165) is 5.69 Å². The van der Waals surface area contributed by atoms with Crippen molar-refractivity contribution in [1.29, 1.82) is 5.26 Å². The highest BCUT2D eigenvalue weighted by Gasteiger charge is 2.21. The van der Waals surface area contributed by atoms with E-state index in [1.54, 1.807) is 18.2 Å². The number of halogens is 2. The molecular formula is C18H18ClFN4O. The third-order valence-corrected chi connectivity index (χ3v) is 4.68. The van der Waals surface area contributed by atoms with Gasteiger partial charge in [0.25, 0.3) is 0 Å². The number of methoxy groups -OCH3 is 1. The Hall–Kier alpha value is -2.65. The molecule has 1 saturated heterocycles. The number of anilines is 3. The molecule has 2 N–H and O–H groups in total. The van der Waals surface area contributed by atoms with Crippen molar-refractivity contribution in [2.24, 2.45) is 0 Å². The summed E-state index contributed by atoms with van der Waals surface area (Å²) in [6, 6.07) is 10.4. The molecule has 1 aliphatic heterocycles. The maximum atomic E-state index is 14.3. The number of ether oxygens (including phenoxy) is 1. The van der Waals surface area contributed by atoms with Gasteiger partial charge in [0.05, 0.1) is 29.1 Å². The average molecular weight is 361 g/mol. The van der Waals surface area contributed by atoms with Gasteiger partial charge < -0.3 is 20.3 Å². The predicted octanol–water partition coefficient (Wildman–Crippen LogP) is 3.27. The minimum absolute atomic E-state index is 0.285. The fourth-order valence-electron chi connectivity index (χ4n) is 2.98. The molecule has 0 amide bonds. The van der Waals surface area contributed by atoms with Gasteiger partial charge in [-0.2, -0.15) is 5.26 Å². The van der Waals surface area contributed by atoms with Crippen molar-refractivity contribution in [2.75, 3.05) is 48.8 Å². The maximum absolute atomic E-state index is 14.3. The van der Waals surface area contributed by atoms with Crippen molar-refractivity contribution < 1.29 is 9.13 Å². The molecule has 25 heavy (non-hydrogen) atoms. The van der Waals surface area contributed by atoms with Crippen molar-refractivity contribution in [3.8, 4) is 11.8 Å². The van der Waals surface area contributed by atoms with Gasteiger partial charge in [0, 0.05) is 44.0 Å². The lowest BCUT2D eigenvalue weighted by Crippen LogP contribution is -2.46. The van der Waals surface area contributed by atoms with E-state index in [1.165, 1.54) is 13.2 Å². The molecule has 3 rings (SSSR count). The quantitative estimate of drug-likeness (QED) is 0.851. The summed E-state index contributed by atoms with van der Waals surface area (Å²) in [5.41, 5.74) is 7.90. The maximum Gasteiger partial charge on any atom is 0.148 e. The molecule has 0 unspecified atom stereocenters. The van der Waals surface area contributed by atoms with Crippen LogP contribution in [0.5, 0.6) is 5.75 Å². The van der Waals surface area contributed by atoms with Crippen molar-refractivity contribution >= 4 is 28.7 Å². The topological polar surface area (TPSA) is 65.5 Å². The normalized spacial score (nSPS) is 14.3. The summed E-state index contributed by atoms with van der Waals surface area (Å²) in [6.45, 7) is 2.71. The van der Waals surface area contributed by atoms with Gasteiger partial charge in [-0.25, -0.2) is 4.39 Å². The highest BCUT2D eigenvalue weighted by Crippen LogP contribution is 2.32. The molecule has 130 valence electrons. The zero-order chi connectivity index (χ0) is 18.0. The Bertz CT molecular complexity index is 829. The van der Waals surface area contributed by atoms with E-state index in [1.807, 2.05) is 11.0 Å². The molecule has 1 aliphatic rings. The highest BCUT2D eigenvalue weighted by atomic mass is 35.5. The third kappa shape index (κ3) is 3.42. The van der Waals surface area contributed by atoms with E-state index >= 15 is 0 Å². The fraction of sp³-hybridized carbons (Fsp3) is 0.278. The molecule has 1 fully saturated rings. The van der Waals surface area contributed by atoms with Crippen molar-refractivity contribution in [1.82, 2.24) is 0 Å². The number of nitrogens with two attached hydrogens (primary N) is 1. The summed E-state index contributed by atoms with van der Waals surface area (Å²) in [7, 11) is 1.51. The van der Waals surface area contributed by atoms with E-state index in [9.17, 15) is 4.39 Å². The van der Waals surface area contributed by atoms with E-state index in [0.29, 0.717) is 48.2 Å². The number of hydrogen-bond donors (Lipinski definition) is 1. The molecule has 0 saturated carbocycles. The van der Waals surface area contributed by atoms with Gasteiger partial charge in [0.15, 0.2) is 0 Å². The van der Waals surface area contributed by atoms with Crippen molar-refractivity contribution in [3.63, 3.8) is 0 Å². The Balaban J connectivity index is 1.75. The van der Waals surface area contributed by atoms with Crippen molar-refractivity contribution in [2.45, 2.75) is 0 Å². The predicted molar refractivity (Wildman–Crippen MR) is 98.0 cm³/mol. The summed E-state index contributed by atoms with van der Waals surface area (Å²) < 4.78 is 19.5. The summed E-state index contributed by atoms with van der Waals surface area (Å²) in [6.07, 6.45) is 0. The molecule has 0 atom stereocenters. The Kier molecular flexibility index (Phi) is 4.86. The summed E-state index contributed by atoms with van der Waals surface area (Å²) in [5, 5.41) is 9.55. The number of rotatable bonds is 3. The van der Waals surface area contributed by atoms with Crippen LogP contribution in [0.4, 0.5) is 21.5 Å². The summed E-state index contributed by atoms with van der Waals surface area (Å²) >= 11 is 5.98. The van der Waals surface area contributed by atoms with Crippen LogP contribution >= 0.6 is 11.6 Å². The van der Waals surface area contributed by atoms with Gasteiger partial charge in [-0.1, -0.05) is 11.6 Å². The molecule has 0 bridgehead atoms. The first-order valence-corrected chi connectivity index (χ1v) is 8.24. The van der Waals surface area contributed by atoms with Crippen LogP contribution in [0.15, 0.2) is 30.3 Å². The lowest BCUT2D eigenvalue weighted by molar-refractivity contribution is 0.416. The number of nitriles is 1. The van der Waals surface area contributed by atoms with Crippen molar-refractivity contribution in [3.05, 3.63) is 46.7 Å². The second kappa shape index (κ2) is 7.08. The minimum atomic E-state index is -0.356. The number of nitrogen functional groups attached to an aromatic ring is 1. The first-order chi connectivity index (χ1) is 12.0. The van der Waals surface area contributed by atoms with Gasteiger partial charge in [-0.05, 0) is 18.2 Å². The molecule has 0 spiro atoms. The number of nitrogens with zero attached hydrogens (tertiary/aromatic N) is 3. The fourth-order valence-corrected chi connectivity index (χ4v) is 3.14. The molecule has 1 heterocycles. The first kappa shape index (κ1) is 17.2. The number of hydrogen-bond acceptors (Lipinski definition) is 5. The molecule has 0 radical (unpaired) electrons. The van der Waals surface area contributed by atoms with Crippen LogP contribution in [-0.4, -0.2) is 33.3 Å². The zero-order valence-corrected chi connectivity index (χ0v) is 14.6. The average Bonchev–Trinajstić information content (AvgIpc) is 2.62. The lowest BCUT2D eigenvalue weighted by Gasteiger charge is -2.37. The van der Waals surface area contributed by atoms with Crippen LogP contribution in [0.2, 0.25) is 5.02 Å². The minimum Gasteiger partial charge on any atom is -0.495 e. The van der Waals surface area contributed by atoms with Crippen LogP contribution in [0.1, 0.15) is 5.56 Å². The molecule has 2 aromatic rings. The monoisotopic (exact) mass is 360 g/mol. The zero-order valence-electron chi connectivity index (χ0n) is 13.8. The lowest BCUT2D eigenvalue weighted by atomic mass is 10.1. The standard InChI is InChI=1S/C18H18ClFN4O/c1-25-18-10-17(15(20)9-16(18)22)24-6-4-23(5-7-24)13-2-3-14(19)12(8-13)11-21/h2-3,8-10H,4-7,22H2,1H3. The first-order valence-electron chi connectivity index (χ1n) is 7.86. The molecule has 5 nitrogen and oxygen atoms in total. The van der Waals surface area contributed by atoms with Crippen LogP contribution in [0.3, 0.4) is 0 Å². The number of piperazine rings is 1. The van der Waals surface area contributed by atoms with E-state index in [2.05, 4.69) is 11.0 Å². The van der Waals surface area contributed by atoms with Gasteiger partial charge in [-0.15, -0.1) is 0 Å². The molecule has 0 aliphatic carbocycles. The molecule has 7 heteroatoms. The molecular weight excluding hydrogens is 343 g/mol. The Morgan fingerprint density at radius 3 is 2.48 bits per heavy atom. The van der Waals surface area contributed by atoms with E-state index < -0.39 is 0 Å². The second-order valence-electron chi connectivity index (χ2n) is 5.80. The third-order valence-electron chi connectivity index (χ3n) is 4.36. The largest absolute Gasteiger partial charge is 0.495 e. The highest BCUT2D eigenvalue weighted by molar-refractivity contribution is 6.31. The summed E-state index contributed by atoms with van der Waals surface area (Å²) in [5.74, 6) is 0.111. The van der Waals surface area contributed by atoms with Crippen LogP contribution in [0.25, 0.3) is 0 Å². The van der Waals surface area contributed by atoms with Crippen LogP contribution in [0, 0.1) is 17.1 Å². The number of benzene rings is 2. The van der Waals surface area contributed by atoms with Gasteiger partial charge >= 0.3 is 0 Å². The van der Waals surface area contributed by atoms with E-state index in [4.69, 9.17) is 27.3 Å². The van der Waals surface area contributed by atoms with Crippen LogP contribution in [-0.2, 0) is 0 Å². The van der Waals surface area contributed by atoms with E-state index in [-0.39, 0.29) is 11.5 Å². The Morgan fingerprint density at radius 2 is 1.84 bits per heavy atom. The van der Waals surface area contributed by atoms with Crippen LogP contribution < -0.4 is 20.3 Å². The summed E-state index contributed by atoms with van der Waals surface area (Å²) in [4.78, 5) is 4.12.